The highest BCUT2D eigenvalue weighted by Crippen LogP contribution is 2.40. The Labute approximate surface area is 121 Å². The van der Waals surface area contributed by atoms with Crippen molar-refractivity contribution in [2.75, 3.05) is 0 Å². The van der Waals surface area contributed by atoms with Crippen LogP contribution in [0.5, 0.6) is 0 Å². The zero-order valence-corrected chi connectivity index (χ0v) is 12.2. The van der Waals surface area contributed by atoms with Crippen molar-refractivity contribution in [3.8, 4) is 0 Å². The molecule has 98 valence electrons. The Kier molecular flexibility index (Phi) is 3.67. The van der Waals surface area contributed by atoms with Crippen molar-refractivity contribution in [3.63, 3.8) is 0 Å². The number of hydrogen-bond acceptors (Lipinski definition) is 2. The van der Waals surface area contributed by atoms with E-state index < -0.39 is 6.10 Å². The van der Waals surface area contributed by atoms with E-state index in [-0.39, 0.29) is 0 Å². The lowest BCUT2D eigenvalue weighted by Crippen LogP contribution is -2.14. The van der Waals surface area contributed by atoms with Crippen LogP contribution in [0.1, 0.15) is 48.1 Å². The van der Waals surface area contributed by atoms with E-state index in [4.69, 9.17) is 0 Å². The molecule has 0 aliphatic heterocycles. The summed E-state index contributed by atoms with van der Waals surface area (Å²) < 4.78 is 0.853. The molecule has 3 heteroatoms. The number of hydrogen-bond donors (Lipinski definition) is 1. The van der Waals surface area contributed by atoms with Gasteiger partial charge in [-0.1, -0.05) is 30.7 Å². The molecule has 1 aliphatic carbocycles. The minimum absolute atomic E-state index is 0.605. The van der Waals surface area contributed by atoms with Crippen molar-refractivity contribution in [1.29, 1.82) is 0 Å². The molecule has 1 aromatic heterocycles. The first-order chi connectivity index (χ1) is 9.27. The molecule has 1 fully saturated rings. The van der Waals surface area contributed by atoms with Crippen molar-refractivity contribution < 1.29 is 5.11 Å². The summed E-state index contributed by atoms with van der Waals surface area (Å²) in [6.07, 6.45) is 4.81. The summed E-state index contributed by atoms with van der Waals surface area (Å²) in [5, 5.41) is 10.6. The van der Waals surface area contributed by atoms with Crippen molar-refractivity contribution >= 4 is 15.9 Å². The van der Waals surface area contributed by atoms with Crippen molar-refractivity contribution in [2.24, 2.45) is 0 Å². The zero-order valence-electron chi connectivity index (χ0n) is 10.6. The van der Waals surface area contributed by atoms with E-state index >= 15 is 0 Å². The van der Waals surface area contributed by atoms with Crippen LogP contribution in [0.25, 0.3) is 0 Å². The van der Waals surface area contributed by atoms with Crippen LogP contribution in [-0.4, -0.2) is 10.1 Å². The highest BCUT2D eigenvalue weighted by Gasteiger charge is 2.25. The molecule has 0 spiro atoms. The predicted molar refractivity (Wildman–Crippen MR) is 79.0 cm³/mol. The second-order valence-corrected chi connectivity index (χ2v) is 5.88. The molecule has 19 heavy (non-hydrogen) atoms. The lowest BCUT2D eigenvalue weighted by molar-refractivity contribution is 0.211. The molecule has 1 heterocycles. The van der Waals surface area contributed by atoms with Gasteiger partial charge in [-0.3, -0.25) is 4.98 Å². The number of aromatic nitrogens is 1. The molecular weight excluding hydrogens is 302 g/mol. The molecule has 1 saturated carbocycles. The Morgan fingerprint density at radius 1 is 1.16 bits per heavy atom. The first-order valence-corrected chi connectivity index (χ1v) is 7.44. The van der Waals surface area contributed by atoms with Gasteiger partial charge in [0.2, 0.25) is 0 Å². The number of pyridine rings is 1. The topological polar surface area (TPSA) is 33.1 Å². The van der Waals surface area contributed by atoms with Gasteiger partial charge in [-0.2, -0.15) is 0 Å². The molecule has 1 aromatic carbocycles. The average molecular weight is 318 g/mol. The smallest absolute Gasteiger partial charge is 0.122 e. The molecular formula is C16H16BrNO. The number of halogens is 1. The Hall–Kier alpha value is -1.19. The standard InChI is InChI=1S/C16H16BrNO/c17-14-9-4-10-18-15(14)16(19)13-8-2-1-7-12(13)11-5-3-6-11/h1-2,4,7-11,16,19H,3,5-6H2. The maximum absolute atomic E-state index is 10.6. The van der Waals surface area contributed by atoms with Crippen LogP contribution in [0.2, 0.25) is 0 Å². The van der Waals surface area contributed by atoms with E-state index in [1.807, 2.05) is 24.3 Å². The Bertz CT molecular complexity index is 580. The summed E-state index contributed by atoms with van der Waals surface area (Å²) in [5.41, 5.74) is 2.96. The number of rotatable bonds is 3. The van der Waals surface area contributed by atoms with Gasteiger partial charge in [0.25, 0.3) is 0 Å². The summed E-state index contributed by atoms with van der Waals surface area (Å²) in [6.45, 7) is 0. The molecule has 1 N–H and O–H groups in total. The van der Waals surface area contributed by atoms with E-state index in [1.54, 1.807) is 6.20 Å². The first-order valence-electron chi connectivity index (χ1n) is 6.64. The zero-order chi connectivity index (χ0) is 13.2. The third kappa shape index (κ3) is 2.45. The van der Waals surface area contributed by atoms with Gasteiger partial charge >= 0.3 is 0 Å². The van der Waals surface area contributed by atoms with Gasteiger partial charge in [-0.15, -0.1) is 0 Å². The van der Waals surface area contributed by atoms with Crippen LogP contribution in [0, 0.1) is 0 Å². The van der Waals surface area contributed by atoms with E-state index in [9.17, 15) is 5.11 Å². The van der Waals surface area contributed by atoms with Gasteiger partial charge in [0.05, 0.1) is 5.69 Å². The summed E-state index contributed by atoms with van der Waals surface area (Å²) in [4.78, 5) is 4.30. The quantitative estimate of drug-likeness (QED) is 0.920. The normalized spacial score (nSPS) is 16.9. The lowest BCUT2D eigenvalue weighted by Gasteiger charge is -2.29. The molecule has 1 unspecified atom stereocenters. The molecule has 0 radical (unpaired) electrons. The Morgan fingerprint density at radius 2 is 1.95 bits per heavy atom. The molecule has 3 rings (SSSR count). The summed E-state index contributed by atoms with van der Waals surface area (Å²) >= 11 is 3.46. The lowest BCUT2D eigenvalue weighted by atomic mass is 9.77. The molecule has 0 amide bonds. The van der Waals surface area contributed by atoms with E-state index in [0.29, 0.717) is 11.6 Å². The molecule has 0 saturated heterocycles. The minimum atomic E-state index is -0.660. The Balaban J connectivity index is 2.00. The number of benzene rings is 1. The fourth-order valence-corrected chi connectivity index (χ4v) is 3.07. The monoisotopic (exact) mass is 317 g/mol. The maximum Gasteiger partial charge on any atom is 0.122 e. The number of aliphatic hydroxyl groups excluding tert-OH is 1. The summed E-state index contributed by atoms with van der Waals surface area (Å²) in [5.74, 6) is 0.605. The molecule has 0 bridgehead atoms. The third-order valence-electron chi connectivity index (χ3n) is 3.88. The van der Waals surface area contributed by atoms with E-state index in [2.05, 4.69) is 33.0 Å². The third-order valence-corrected chi connectivity index (χ3v) is 4.55. The van der Waals surface area contributed by atoms with Crippen LogP contribution in [0.15, 0.2) is 47.1 Å². The number of aliphatic hydroxyl groups is 1. The highest BCUT2D eigenvalue weighted by molar-refractivity contribution is 9.10. The van der Waals surface area contributed by atoms with Gasteiger partial charge in [0.15, 0.2) is 0 Å². The largest absolute Gasteiger partial charge is 0.382 e. The molecule has 1 aliphatic rings. The molecule has 2 aromatic rings. The molecule has 2 nitrogen and oxygen atoms in total. The SMILES string of the molecule is OC(c1ccccc1C1CCC1)c1ncccc1Br. The Morgan fingerprint density at radius 3 is 2.63 bits per heavy atom. The van der Waals surface area contributed by atoms with Crippen LogP contribution >= 0.6 is 15.9 Å². The van der Waals surface area contributed by atoms with Gasteiger partial charge in [0.1, 0.15) is 6.10 Å². The highest BCUT2D eigenvalue weighted by atomic mass is 79.9. The molecule has 1 atom stereocenters. The van der Waals surface area contributed by atoms with Crippen LogP contribution in [0.4, 0.5) is 0 Å². The minimum Gasteiger partial charge on any atom is -0.382 e. The van der Waals surface area contributed by atoms with E-state index in [0.717, 1.165) is 10.0 Å². The van der Waals surface area contributed by atoms with Crippen molar-refractivity contribution in [3.05, 3.63) is 63.9 Å². The van der Waals surface area contributed by atoms with Crippen molar-refractivity contribution in [2.45, 2.75) is 31.3 Å². The summed E-state index contributed by atoms with van der Waals surface area (Å²) in [6, 6.07) is 12.0. The first kappa shape index (κ1) is 12.8. The number of nitrogens with zero attached hydrogens (tertiary/aromatic N) is 1. The van der Waals surface area contributed by atoms with Gasteiger partial charge in [-0.25, -0.2) is 0 Å². The predicted octanol–water partition coefficient (Wildman–Crippen LogP) is 4.19. The fraction of sp³-hybridized carbons (Fsp3) is 0.312. The van der Waals surface area contributed by atoms with Crippen LogP contribution in [0.3, 0.4) is 0 Å². The van der Waals surface area contributed by atoms with Crippen LogP contribution < -0.4 is 0 Å². The van der Waals surface area contributed by atoms with Gasteiger partial charge in [0, 0.05) is 10.7 Å². The van der Waals surface area contributed by atoms with E-state index in [1.165, 1.54) is 24.8 Å². The van der Waals surface area contributed by atoms with Crippen molar-refractivity contribution in [1.82, 2.24) is 4.98 Å². The maximum atomic E-state index is 10.6. The average Bonchev–Trinajstić information content (AvgIpc) is 2.37. The second kappa shape index (κ2) is 5.43. The second-order valence-electron chi connectivity index (χ2n) is 5.03. The van der Waals surface area contributed by atoms with Gasteiger partial charge < -0.3 is 5.11 Å². The van der Waals surface area contributed by atoms with Gasteiger partial charge in [-0.05, 0) is 57.9 Å². The summed E-state index contributed by atoms with van der Waals surface area (Å²) in [7, 11) is 0. The van der Waals surface area contributed by atoms with Crippen LogP contribution in [-0.2, 0) is 0 Å². The fourth-order valence-electron chi connectivity index (χ4n) is 2.60.